The third-order valence-electron chi connectivity index (χ3n) is 9.26. The van der Waals surface area contributed by atoms with Crippen LogP contribution in [0.4, 0.5) is 0 Å². The van der Waals surface area contributed by atoms with Crippen molar-refractivity contribution < 1.29 is 23.8 Å². The predicted octanol–water partition coefficient (Wildman–Crippen LogP) is 12.9. The van der Waals surface area contributed by atoms with Gasteiger partial charge in [0, 0.05) is 12.8 Å². The summed E-state index contributed by atoms with van der Waals surface area (Å²) in [6.07, 6.45) is 36.4. The predicted molar refractivity (Wildman–Crippen MR) is 187 cm³/mol. The Hall–Kier alpha value is -0.800. The average Bonchev–Trinajstić information content (AvgIpc) is 3.00. The Labute approximate surface area is 273 Å². The van der Waals surface area contributed by atoms with Crippen molar-refractivity contribution in [2.45, 2.75) is 231 Å². The van der Waals surface area contributed by atoms with Gasteiger partial charge in [-0.3, -0.25) is 9.59 Å². The molecule has 1 unspecified atom stereocenters. The minimum Gasteiger partial charge on any atom is -0.369 e. The number of rotatable bonds is 36. The van der Waals surface area contributed by atoms with Crippen LogP contribution in [0.5, 0.6) is 0 Å². The molecule has 0 heterocycles. The molecule has 0 aromatic carbocycles. The smallest absolute Gasteiger partial charge is 0.356 e. The number of hydrogen-bond donors (Lipinski definition) is 1. The van der Waals surface area contributed by atoms with Crippen molar-refractivity contribution in [1.82, 2.24) is 0 Å². The van der Waals surface area contributed by atoms with E-state index in [2.05, 4.69) is 13.8 Å². The van der Waals surface area contributed by atoms with Crippen LogP contribution in [0.1, 0.15) is 226 Å². The molecule has 1 N–H and O–H groups in total. The molecule has 0 aliphatic rings. The molecule has 0 aromatic heterocycles. The third-order valence-corrected chi connectivity index (χ3v) is 10.3. The zero-order chi connectivity index (χ0) is 32.6. The van der Waals surface area contributed by atoms with Crippen LogP contribution in [0.15, 0.2) is 0 Å². The van der Waals surface area contributed by atoms with Crippen molar-refractivity contribution in [3.63, 3.8) is 0 Å². The molecule has 260 valence electrons. The van der Waals surface area contributed by atoms with Crippen molar-refractivity contribution in [1.29, 1.82) is 0 Å². The van der Waals surface area contributed by atoms with Crippen LogP contribution in [-0.4, -0.2) is 22.0 Å². The van der Waals surface area contributed by atoms with Gasteiger partial charge < -0.3 is 5.11 Å². The van der Waals surface area contributed by atoms with Gasteiger partial charge in [-0.05, 0) is 12.8 Å². The SMILES string of the molecule is CCCCCCCCCCCCCCCCCC(=O)CC(O)(C(=O)CCCCCCCCCCCCCCCCC)P(=O)=O. The number of ketones is 2. The Bertz CT molecular complexity index is 727. The van der Waals surface area contributed by atoms with Crippen molar-refractivity contribution in [3.05, 3.63) is 0 Å². The fourth-order valence-corrected chi connectivity index (χ4v) is 6.80. The third kappa shape index (κ3) is 26.4. The highest BCUT2D eigenvalue weighted by atomic mass is 31.1. The van der Waals surface area contributed by atoms with Gasteiger partial charge in [-0.1, -0.05) is 194 Å². The molecular weight excluding hydrogens is 567 g/mol. The molecule has 0 bridgehead atoms. The van der Waals surface area contributed by atoms with E-state index in [1.807, 2.05) is 0 Å². The van der Waals surface area contributed by atoms with Gasteiger partial charge in [0.2, 0.25) is 5.34 Å². The molecule has 0 aromatic rings. The molecule has 0 radical (unpaired) electrons. The molecule has 0 aliphatic carbocycles. The second kappa shape index (κ2) is 32.2. The van der Waals surface area contributed by atoms with Gasteiger partial charge in [-0.15, -0.1) is 0 Å². The molecule has 0 saturated heterocycles. The second-order valence-corrected chi connectivity index (χ2v) is 14.9. The zero-order valence-corrected chi connectivity index (χ0v) is 30.3. The van der Waals surface area contributed by atoms with E-state index in [-0.39, 0.29) is 18.6 Å². The monoisotopic (exact) mass is 641 g/mol. The van der Waals surface area contributed by atoms with Crippen molar-refractivity contribution in [2.24, 2.45) is 0 Å². The fourth-order valence-electron chi connectivity index (χ4n) is 6.18. The average molecular weight is 641 g/mol. The molecule has 0 saturated carbocycles. The Morgan fingerprint density at radius 1 is 0.432 bits per heavy atom. The minimum atomic E-state index is -3.41. The summed E-state index contributed by atoms with van der Waals surface area (Å²) in [5, 5.41) is 8.07. The maximum Gasteiger partial charge on any atom is 0.356 e. The molecule has 0 rings (SSSR count). The largest absolute Gasteiger partial charge is 0.369 e. The van der Waals surface area contributed by atoms with E-state index in [0.29, 0.717) is 12.8 Å². The van der Waals surface area contributed by atoms with Gasteiger partial charge in [0.05, 0.1) is 6.42 Å². The molecule has 0 spiro atoms. The van der Waals surface area contributed by atoms with Crippen molar-refractivity contribution >= 4 is 19.2 Å². The van der Waals surface area contributed by atoms with Gasteiger partial charge in [0.15, 0.2) is 5.78 Å². The van der Waals surface area contributed by atoms with E-state index in [4.69, 9.17) is 0 Å². The topological polar surface area (TPSA) is 88.5 Å². The van der Waals surface area contributed by atoms with E-state index < -0.39 is 25.2 Å². The molecule has 0 amide bonds. The van der Waals surface area contributed by atoms with Crippen molar-refractivity contribution in [3.8, 4) is 0 Å². The number of carbonyl (C=O) groups is 2. The number of aliphatic hydroxyl groups is 1. The number of hydrogen-bond acceptors (Lipinski definition) is 5. The highest BCUT2D eigenvalue weighted by Gasteiger charge is 2.43. The standard InChI is InChI=1S/C38H73O5P/c1-3-5-7-9-11-13-15-17-19-21-23-25-27-29-31-33-36(39)35-38(41,44(42)43)37(40)34-32-30-28-26-24-22-20-18-16-14-12-10-8-6-4-2/h41H,3-35H2,1-2H3. The molecule has 0 fully saturated rings. The summed E-state index contributed by atoms with van der Waals surface area (Å²) in [6.45, 7) is 4.51. The summed E-state index contributed by atoms with van der Waals surface area (Å²) in [5.41, 5.74) is 0. The first-order valence-electron chi connectivity index (χ1n) is 19.3. The van der Waals surface area contributed by atoms with Crippen LogP contribution in [-0.2, 0) is 18.7 Å². The number of unbranched alkanes of at least 4 members (excludes halogenated alkanes) is 28. The number of carbonyl (C=O) groups excluding carboxylic acids is 2. The summed E-state index contributed by atoms with van der Waals surface area (Å²) in [7, 11) is -3.41. The highest BCUT2D eigenvalue weighted by molar-refractivity contribution is 7.34. The van der Waals surface area contributed by atoms with Gasteiger partial charge in [-0.2, -0.15) is 0 Å². The molecule has 44 heavy (non-hydrogen) atoms. The zero-order valence-electron chi connectivity index (χ0n) is 29.4. The Kier molecular flexibility index (Phi) is 31.6. The molecule has 1 atom stereocenters. The van der Waals surface area contributed by atoms with E-state index in [1.54, 1.807) is 0 Å². The van der Waals surface area contributed by atoms with Gasteiger partial charge in [-0.25, -0.2) is 9.13 Å². The molecule has 6 heteroatoms. The van der Waals surface area contributed by atoms with Gasteiger partial charge in [0.25, 0.3) is 0 Å². The maximum atomic E-state index is 12.6. The van der Waals surface area contributed by atoms with Crippen LogP contribution in [0.3, 0.4) is 0 Å². The first-order chi connectivity index (χ1) is 21.4. The Balaban J connectivity index is 3.79. The lowest BCUT2D eigenvalue weighted by atomic mass is 9.99. The van der Waals surface area contributed by atoms with E-state index in [0.717, 1.165) is 32.1 Å². The van der Waals surface area contributed by atoms with Crippen LogP contribution in [0.2, 0.25) is 0 Å². The second-order valence-electron chi connectivity index (χ2n) is 13.6. The van der Waals surface area contributed by atoms with Crippen LogP contribution < -0.4 is 0 Å². The lowest BCUT2D eigenvalue weighted by Gasteiger charge is -2.18. The van der Waals surface area contributed by atoms with Crippen molar-refractivity contribution in [2.75, 3.05) is 0 Å². The van der Waals surface area contributed by atoms with Crippen LogP contribution >= 0.6 is 7.68 Å². The number of Topliss-reactive ketones (excluding diaryl/α,β-unsaturated/α-hetero) is 2. The highest BCUT2D eigenvalue weighted by Crippen LogP contribution is 2.33. The Morgan fingerprint density at radius 3 is 0.955 bits per heavy atom. The summed E-state index contributed by atoms with van der Waals surface area (Å²) in [5.74, 6) is -1.04. The van der Waals surface area contributed by atoms with E-state index in [1.165, 1.54) is 148 Å². The fraction of sp³-hybridized carbons (Fsp3) is 0.947. The minimum absolute atomic E-state index is 0.0182. The van der Waals surface area contributed by atoms with E-state index in [9.17, 15) is 23.8 Å². The summed E-state index contributed by atoms with van der Waals surface area (Å²) in [6, 6.07) is 0. The van der Waals surface area contributed by atoms with E-state index >= 15 is 0 Å². The Morgan fingerprint density at radius 2 is 0.682 bits per heavy atom. The lowest BCUT2D eigenvalue weighted by Crippen LogP contribution is -2.36. The summed E-state index contributed by atoms with van der Waals surface area (Å²) >= 11 is 0. The first-order valence-corrected chi connectivity index (χ1v) is 20.5. The van der Waals surface area contributed by atoms with Crippen LogP contribution in [0, 0.1) is 0 Å². The quantitative estimate of drug-likeness (QED) is 0.0543. The molecular formula is C38H73O5P. The molecule has 5 nitrogen and oxygen atoms in total. The van der Waals surface area contributed by atoms with Crippen LogP contribution in [0.25, 0.3) is 0 Å². The normalized spacial score (nSPS) is 12.8. The van der Waals surface area contributed by atoms with Gasteiger partial charge >= 0.3 is 7.68 Å². The van der Waals surface area contributed by atoms with Gasteiger partial charge in [0.1, 0.15) is 5.78 Å². The maximum absolute atomic E-state index is 12.6. The molecule has 0 aliphatic heterocycles. The first kappa shape index (κ1) is 43.2. The summed E-state index contributed by atoms with van der Waals surface area (Å²) < 4.78 is 23.6. The lowest BCUT2D eigenvalue weighted by molar-refractivity contribution is -0.135. The summed E-state index contributed by atoms with van der Waals surface area (Å²) in [4.78, 5) is 25.0.